The first-order chi connectivity index (χ1) is 8.49. The Bertz CT molecular complexity index is 405. The largest absolute Gasteiger partial charge is 0.336 e. The van der Waals surface area contributed by atoms with E-state index in [0.29, 0.717) is 23.3 Å². The molecule has 0 aromatic heterocycles. The summed E-state index contributed by atoms with van der Waals surface area (Å²) >= 11 is 8.86. The van der Waals surface area contributed by atoms with Crippen molar-refractivity contribution in [2.24, 2.45) is 0 Å². The first kappa shape index (κ1) is 15.4. The zero-order valence-corrected chi connectivity index (χ0v) is 12.8. The van der Waals surface area contributed by atoms with Crippen molar-refractivity contribution in [3.05, 3.63) is 34.1 Å². The molecule has 0 atom stereocenters. The highest BCUT2D eigenvalue weighted by atomic mass is 79.9. The molecule has 0 saturated carbocycles. The van der Waals surface area contributed by atoms with Gasteiger partial charge >= 0.3 is 0 Å². The summed E-state index contributed by atoms with van der Waals surface area (Å²) in [7, 11) is 0. The third kappa shape index (κ3) is 3.69. The zero-order valence-electron chi connectivity index (χ0n) is 10.4. The van der Waals surface area contributed by atoms with Gasteiger partial charge in [0.15, 0.2) is 0 Å². The molecule has 5 heteroatoms. The van der Waals surface area contributed by atoms with E-state index in [-0.39, 0.29) is 17.5 Å². The highest BCUT2D eigenvalue weighted by molar-refractivity contribution is 9.10. The van der Waals surface area contributed by atoms with Gasteiger partial charge in [0.25, 0.3) is 5.91 Å². The van der Waals surface area contributed by atoms with E-state index >= 15 is 0 Å². The average molecular weight is 337 g/mol. The standard InChI is InChI=1S/C13H16BrClFNO/c1-9(2)17(8-4-7-15)13(18)12-10(14)5-3-6-11(12)16/h3,5-6,9H,4,7-8H2,1-2H3. The molecule has 0 unspecified atom stereocenters. The van der Waals surface area contributed by atoms with Gasteiger partial charge in [0, 0.05) is 22.9 Å². The van der Waals surface area contributed by atoms with Crippen LogP contribution in [0, 0.1) is 5.82 Å². The van der Waals surface area contributed by atoms with Crippen LogP contribution in [0.5, 0.6) is 0 Å². The topological polar surface area (TPSA) is 20.3 Å². The third-order valence-corrected chi connectivity index (χ3v) is 3.52. The number of carbonyl (C=O) groups is 1. The second-order valence-electron chi connectivity index (χ2n) is 4.23. The number of benzene rings is 1. The molecule has 100 valence electrons. The lowest BCUT2D eigenvalue weighted by molar-refractivity contribution is 0.0700. The van der Waals surface area contributed by atoms with Crippen molar-refractivity contribution in [2.45, 2.75) is 26.3 Å². The van der Waals surface area contributed by atoms with Gasteiger partial charge in [0.05, 0.1) is 5.56 Å². The first-order valence-corrected chi connectivity index (χ1v) is 7.12. The summed E-state index contributed by atoms with van der Waals surface area (Å²) in [5, 5.41) is 0. The predicted octanol–water partition coefficient (Wildman–Crippen LogP) is 4.07. The Morgan fingerprint density at radius 3 is 2.67 bits per heavy atom. The molecule has 0 radical (unpaired) electrons. The summed E-state index contributed by atoms with van der Waals surface area (Å²) in [5.74, 6) is -0.333. The summed E-state index contributed by atoms with van der Waals surface area (Å²) < 4.78 is 14.2. The SMILES string of the molecule is CC(C)N(CCCCl)C(=O)c1c(F)cccc1Br. The number of nitrogens with zero attached hydrogens (tertiary/aromatic N) is 1. The molecule has 0 spiro atoms. The molecule has 1 aromatic rings. The monoisotopic (exact) mass is 335 g/mol. The fraction of sp³-hybridized carbons (Fsp3) is 0.462. The summed E-state index contributed by atoms with van der Waals surface area (Å²) in [6.45, 7) is 4.34. The first-order valence-electron chi connectivity index (χ1n) is 5.80. The molecular weight excluding hydrogens is 321 g/mol. The maximum Gasteiger partial charge on any atom is 0.258 e. The number of hydrogen-bond donors (Lipinski definition) is 0. The number of carbonyl (C=O) groups excluding carboxylic acids is 1. The third-order valence-electron chi connectivity index (χ3n) is 2.59. The summed E-state index contributed by atoms with van der Waals surface area (Å²) in [6, 6.07) is 4.52. The maximum atomic E-state index is 13.7. The Morgan fingerprint density at radius 2 is 2.17 bits per heavy atom. The highest BCUT2D eigenvalue weighted by Crippen LogP contribution is 2.22. The Morgan fingerprint density at radius 1 is 1.50 bits per heavy atom. The quantitative estimate of drug-likeness (QED) is 0.742. The van der Waals surface area contributed by atoms with Crippen LogP contribution in [0.25, 0.3) is 0 Å². The molecule has 0 N–H and O–H groups in total. The van der Waals surface area contributed by atoms with E-state index in [1.165, 1.54) is 6.07 Å². The van der Waals surface area contributed by atoms with Gasteiger partial charge < -0.3 is 4.90 Å². The molecule has 2 nitrogen and oxygen atoms in total. The van der Waals surface area contributed by atoms with Crippen LogP contribution < -0.4 is 0 Å². The van der Waals surface area contributed by atoms with Crippen molar-refractivity contribution in [3.63, 3.8) is 0 Å². The minimum absolute atomic E-state index is 0.00669. The van der Waals surface area contributed by atoms with Gasteiger partial charge in [-0.3, -0.25) is 4.79 Å². The van der Waals surface area contributed by atoms with Gasteiger partial charge in [0.2, 0.25) is 0 Å². The lowest BCUT2D eigenvalue weighted by atomic mass is 10.1. The molecule has 0 saturated heterocycles. The van der Waals surface area contributed by atoms with E-state index < -0.39 is 5.82 Å². The average Bonchev–Trinajstić information content (AvgIpc) is 2.28. The minimum atomic E-state index is -0.508. The van der Waals surface area contributed by atoms with Crippen LogP contribution in [0.15, 0.2) is 22.7 Å². The number of amides is 1. The molecule has 1 rings (SSSR count). The second-order valence-corrected chi connectivity index (χ2v) is 5.46. The highest BCUT2D eigenvalue weighted by Gasteiger charge is 2.23. The van der Waals surface area contributed by atoms with Gasteiger partial charge in [-0.25, -0.2) is 4.39 Å². The lowest BCUT2D eigenvalue weighted by Gasteiger charge is -2.27. The van der Waals surface area contributed by atoms with E-state index in [2.05, 4.69) is 15.9 Å². The summed E-state index contributed by atoms with van der Waals surface area (Å²) in [5.41, 5.74) is 0.0840. The molecule has 18 heavy (non-hydrogen) atoms. The van der Waals surface area contributed by atoms with Crippen LogP contribution in [-0.4, -0.2) is 29.3 Å². The van der Waals surface area contributed by atoms with E-state index in [1.54, 1.807) is 17.0 Å². The van der Waals surface area contributed by atoms with Crippen LogP contribution in [0.3, 0.4) is 0 Å². The summed E-state index contributed by atoms with van der Waals surface area (Å²) in [6.07, 6.45) is 0.692. The molecule has 0 heterocycles. The smallest absolute Gasteiger partial charge is 0.258 e. The molecule has 0 aliphatic rings. The maximum absolute atomic E-state index is 13.7. The van der Waals surface area contributed by atoms with Crippen LogP contribution in [-0.2, 0) is 0 Å². The van der Waals surface area contributed by atoms with Crippen LogP contribution in [0.4, 0.5) is 4.39 Å². The van der Waals surface area contributed by atoms with Gasteiger partial charge in [-0.2, -0.15) is 0 Å². The fourth-order valence-corrected chi connectivity index (χ4v) is 2.30. The van der Waals surface area contributed by atoms with Gasteiger partial charge in [0.1, 0.15) is 5.82 Å². The normalized spacial score (nSPS) is 10.8. The molecular formula is C13H16BrClFNO. The van der Waals surface area contributed by atoms with Crippen LogP contribution >= 0.6 is 27.5 Å². The number of alkyl halides is 1. The number of halogens is 3. The number of hydrogen-bond acceptors (Lipinski definition) is 1. The van der Waals surface area contributed by atoms with Crippen molar-refractivity contribution in [1.82, 2.24) is 4.90 Å². The fourth-order valence-electron chi connectivity index (χ4n) is 1.67. The van der Waals surface area contributed by atoms with E-state index in [4.69, 9.17) is 11.6 Å². The van der Waals surface area contributed by atoms with E-state index in [0.717, 1.165) is 0 Å². The Hall–Kier alpha value is -0.610. The van der Waals surface area contributed by atoms with Gasteiger partial charge in [-0.05, 0) is 48.3 Å². The Labute approximate surface area is 120 Å². The number of rotatable bonds is 5. The van der Waals surface area contributed by atoms with Crippen molar-refractivity contribution in [3.8, 4) is 0 Å². The van der Waals surface area contributed by atoms with Gasteiger partial charge in [-0.1, -0.05) is 6.07 Å². The van der Waals surface area contributed by atoms with E-state index in [9.17, 15) is 9.18 Å². The van der Waals surface area contributed by atoms with Crippen molar-refractivity contribution >= 4 is 33.4 Å². The van der Waals surface area contributed by atoms with Crippen molar-refractivity contribution in [2.75, 3.05) is 12.4 Å². The van der Waals surface area contributed by atoms with Crippen LogP contribution in [0.2, 0.25) is 0 Å². The Kier molecular flexibility index (Phi) is 6.09. The second kappa shape index (κ2) is 7.10. The molecule has 0 aliphatic heterocycles. The van der Waals surface area contributed by atoms with E-state index in [1.807, 2.05) is 13.8 Å². The summed E-state index contributed by atoms with van der Waals surface area (Å²) in [4.78, 5) is 14.0. The Balaban J connectivity index is 3.02. The molecule has 0 bridgehead atoms. The molecule has 0 fully saturated rings. The van der Waals surface area contributed by atoms with Gasteiger partial charge in [-0.15, -0.1) is 11.6 Å². The van der Waals surface area contributed by atoms with Crippen molar-refractivity contribution < 1.29 is 9.18 Å². The minimum Gasteiger partial charge on any atom is -0.336 e. The van der Waals surface area contributed by atoms with Crippen molar-refractivity contribution in [1.29, 1.82) is 0 Å². The predicted molar refractivity (Wildman–Crippen MR) is 75.6 cm³/mol. The molecule has 1 amide bonds. The molecule has 0 aliphatic carbocycles. The lowest BCUT2D eigenvalue weighted by Crippen LogP contribution is -2.38. The molecule has 1 aromatic carbocycles. The zero-order chi connectivity index (χ0) is 13.7. The van der Waals surface area contributed by atoms with Crippen LogP contribution in [0.1, 0.15) is 30.6 Å².